The summed E-state index contributed by atoms with van der Waals surface area (Å²) in [4.78, 5) is 25.1. The summed E-state index contributed by atoms with van der Waals surface area (Å²) in [6.07, 6.45) is 2.26. The van der Waals surface area contributed by atoms with Gasteiger partial charge in [0.2, 0.25) is 0 Å². The molecule has 0 aliphatic carbocycles. The first-order valence-corrected chi connectivity index (χ1v) is 7.08. The molecule has 2 rings (SSSR count). The van der Waals surface area contributed by atoms with E-state index in [1.807, 2.05) is 4.90 Å². The molecule has 20 heavy (non-hydrogen) atoms. The van der Waals surface area contributed by atoms with Crippen molar-refractivity contribution in [2.75, 3.05) is 19.7 Å². The quantitative estimate of drug-likeness (QED) is 0.793. The fourth-order valence-electron chi connectivity index (χ4n) is 2.44. The molecule has 4 heteroatoms. The molecule has 0 spiro atoms. The maximum absolute atomic E-state index is 12.0. The van der Waals surface area contributed by atoms with Gasteiger partial charge in [0.25, 0.3) is 5.91 Å². The molecule has 1 saturated heterocycles. The first kappa shape index (κ1) is 14.6. The minimum Gasteiger partial charge on any atom is -0.484 e. The topological polar surface area (TPSA) is 46.6 Å². The summed E-state index contributed by atoms with van der Waals surface area (Å²) in [7, 11) is 0. The van der Waals surface area contributed by atoms with Crippen molar-refractivity contribution in [2.45, 2.75) is 26.7 Å². The molecule has 1 unspecified atom stereocenters. The van der Waals surface area contributed by atoms with Gasteiger partial charge in [0.1, 0.15) is 5.75 Å². The molecule has 1 aliphatic heterocycles. The van der Waals surface area contributed by atoms with E-state index in [1.54, 1.807) is 24.3 Å². The number of amides is 1. The molecule has 1 amide bonds. The van der Waals surface area contributed by atoms with E-state index in [4.69, 9.17) is 4.74 Å². The summed E-state index contributed by atoms with van der Waals surface area (Å²) < 4.78 is 5.49. The summed E-state index contributed by atoms with van der Waals surface area (Å²) in [6.45, 7) is 5.41. The van der Waals surface area contributed by atoms with Crippen molar-refractivity contribution in [3.8, 4) is 5.75 Å². The average Bonchev–Trinajstić information content (AvgIpc) is 2.45. The van der Waals surface area contributed by atoms with E-state index >= 15 is 0 Å². The van der Waals surface area contributed by atoms with E-state index in [2.05, 4.69) is 6.92 Å². The normalized spacial score (nSPS) is 18.7. The van der Waals surface area contributed by atoms with Gasteiger partial charge in [-0.05, 0) is 49.9 Å². The summed E-state index contributed by atoms with van der Waals surface area (Å²) in [5.74, 6) is 1.25. The van der Waals surface area contributed by atoms with Crippen molar-refractivity contribution < 1.29 is 14.3 Å². The molecule has 0 N–H and O–H groups in total. The van der Waals surface area contributed by atoms with Gasteiger partial charge < -0.3 is 9.64 Å². The highest BCUT2D eigenvalue weighted by Crippen LogP contribution is 2.16. The van der Waals surface area contributed by atoms with Gasteiger partial charge in [0.05, 0.1) is 0 Å². The monoisotopic (exact) mass is 275 g/mol. The van der Waals surface area contributed by atoms with Gasteiger partial charge >= 0.3 is 0 Å². The lowest BCUT2D eigenvalue weighted by atomic mass is 10.0. The Morgan fingerprint density at radius 1 is 1.30 bits per heavy atom. The van der Waals surface area contributed by atoms with Crippen LogP contribution in [0, 0.1) is 5.92 Å². The van der Waals surface area contributed by atoms with Crippen molar-refractivity contribution in [2.24, 2.45) is 5.92 Å². The van der Waals surface area contributed by atoms with Gasteiger partial charge in [-0.3, -0.25) is 9.59 Å². The first-order valence-electron chi connectivity index (χ1n) is 7.08. The Balaban J connectivity index is 1.85. The number of benzene rings is 1. The van der Waals surface area contributed by atoms with Crippen LogP contribution >= 0.6 is 0 Å². The van der Waals surface area contributed by atoms with Gasteiger partial charge in [-0.15, -0.1) is 0 Å². The second-order valence-corrected chi connectivity index (χ2v) is 5.46. The van der Waals surface area contributed by atoms with Crippen LogP contribution in [0.5, 0.6) is 5.75 Å². The van der Waals surface area contributed by atoms with Crippen LogP contribution in [0.3, 0.4) is 0 Å². The summed E-state index contributed by atoms with van der Waals surface area (Å²) in [5.41, 5.74) is 0.647. The summed E-state index contributed by atoms with van der Waals surface area (Å²) >= 11 is 0. The Morgan fingerprint density at radius 2 is 2.00 bits per heavy atom. The van der Waals surface area contributed by atoms with Crippen molar-refractivity contribution in [3.05, 3.63) is 29.8 Å². The largest absolute Gasteiger partial charge is 0.484 e. The van der Waals surface area contributed by atoms with Crippen LogP contribution in [0.25, 0.3) is 0 Å². The molecule has 0 saturated carbocycles. The molecule has 1 aliphatic rings. The zero-order chi connectivity index (χ0) is 14.5. The number of ketones is 1. The Kier molecular flexibility index (Phi) is 4.77. The van der Waals surface area contributed by atoms with E-state index < -0.39 is 0 Å². The SMILES string of the molecule is CC(=O)c1ccc(OCC(=O)N2CCCC(C)C2)cc1. The Labute approximate surface area is 119 Å². The lowest BCUT2D eigenvalue weighted by Crippen LogP contribution is -2.41. The molecule has 0 bridgehead atoms. The molecular formula is C16H21NO3. The van der Waals surface area contributed by atoms with E-state index in [0.717, 1.165) is 19.5 Å². The van der Waals surface area contributed by atoms with Crippen LogP contribution in [-0.2, 0) is 4.79 Å². The number of hydrogen-bond acceptors (Lipinski definition) is 3. The maximum Gasteiger partial charge on any atom is 0.260 e. The highest BCUT2D eigenvalue weighted by Gasteiger charge is 2.21. The van der Waals surface area contributed by atoms with Crippen LogP contribution in [0.4, 0.5) is 0 Å². The van der Waals surface area contributed by atoms with E-state index in [1.165, 1.54) is 13.3 Å². The van der Waals surface area contributed by atoms with Gasteiger partial charge in [0.15, 0.2) is 12.4 Å². The van der Waals surface area contributed by atoms with Crippen LogP contribution in [-0.4, -0.2) is 36.3 Å². The number of carbonyl (C=O) groups is 2. The minimum atomic E-state index is 0.0231. The maximum atomic E-state index is 12.0. The number of rotatable bonds is 4. The molecule has 1 aromatic rings. The molecule has 0 radical (unpaired) electrons. The summed E-state index contributed by atoms with van der Waals surface area (Å²) in [6, 6.07) is 6.88. The molecule has 1 fully saturated rings. The van der Waals surface area contributed by atoms with Crippen LogP contribution in [0.15, 0.2) is 24.3 Å². The predicted molar refractivity (Wildman–Crippen MR) is 76.9 cm³/mol. The Hall–Kier alpha value is -1.84. The Morgan fingerprint density at radius 3 is 2.60 bits per heavy atom. The smallest absolute Gasteiger partial charge is 0.260 e. The van der Waals surface area contributed by atoms with Crippen molar-refractivity contribution in [1.82, 2.24) is 4.90 Å². The lowest BCUT2D eigenvalue weighted by Gasteiger charge is -2.30. The number of nitrogens with zero attached hydrogens (tertiary/aromatic N) is 1. The van der Waals surface area contributed by atoms with E-state index in [-0.39, 0.29) is 18.3 Å². The van der Waals surface area contributed by atoms with Gasteiger partial charge in [0, 0.05) is 18.7 Å². The van der Waals surface area contributed by atoms with Crippen molar-refractivity contribution in [3.63, 3.8) is 0 Å². The van der Waals surface area contributed by atoms with Crippen molar-refractivity contribution in [1.29, 1.82) is 0 Å². The number of ether oxygens (including phenoxy) is 1. The van der Waals surface area contributed by atoms with Crippen LogP contribution in [0.1, 0.15) is 37.0 Å². The molecular weight excluding hydrogens is 254 g/mol. The van der Waals surface area contributed by atoms with E-state index in [0.29, 0.717) is 17.2 Å². The number of carbonyl (C=O) groups excluding carboxylic acids is 2. The minimum absolute atomic E-state index is 0.0231. The Bertz CT molecular complexity index is 481. The molecule has 0 aromatic heterocycles. The van der Waals surface area contributed by atoms with Gasteiger partial charge in [-0.2, -0.15) is 0 Å². The third kappa shape index (κ3) is 3.83. The summed E-state index contributed by atoms with van der Waals surface area (Å²) in [5, 5.41) is 0. The van der Waals surface area contributed by atoms with Crippen LogP contribution < -0.4 is 4.74 Å². The molecule has 4 nitrogen and oxygen atoms in total. The third-order valence-corrected chi connectivity index (χ3v) is 3.63. The van der Waals surface area contributed by atoms with E-state index in [9.17, 15) is 9.59 Å². The standard InChI is InChI=1S/C16H21NO3/c1-12-4-3-9-17(10-12)16(19)11-20-15-7-5-14(6-8-15)13(2)18/h5-8,12H,3-4,9-11H2,1-2H3. The number of hydrogen-bond donors (Lipinski definition) is 0. The second-order valence-electron chi connectivity index (χ2n) is 5.46. The van der Waals surface area contributed by atoms with Crippen LogP contribution in [0.2, 0.25) is 0 Å². The highest BCUT2D eigenvalue weighted by molar-refractivity contribution is 5.94. The fraction of sp³-hybridized carbons (Fsp3) is 0.500. The zero-order valence-electron chi connectivity index (χ0n) is 12.1. The highest BCUT2D eigenvalue weighted by atomic mass is 16.5. The number of Topliss-reactive ketones (excluding diaryl/α,β-unsaturated/α-hetero) is 1. The van der Waals surface area contributed by atoms with Gasteiger partial charge in [-0.25, -0.2) is 0 Å². The second kappa shape index (κ2) is 6.55. The predicted octanol–water partition coefficient (Wildman–Crippen LogP) is 2.53. The van der Waals surface area contributed by atoms with Gasteiger partial charge in [-0.1, -0.05) is 6.92 Å². The number of likely N-dealkylation sites (tertiary alicyclic amines) is 1. The van der Waals surface area contributed by atoms with Crippen molar-refractivity contribution >= 4 is 11.7 Å². The average molecular weight is 275 g/mol. The first-order chi connectivity index (χ1) is 9.56. The molecule has 1 heterocycles. The molecule has 1 aromatic carbocycles. The molecule has 108 valence electrons. The fourth-order valence-corrected chi connectivity index (χ4v) is 2.44. The zero-order valence-corrected chi connectivity index (χ0v) is 12.1. The lowest BCUT2D eigenvalue weighted by molar-refractivity contribution is -0.135. The molecule has 1 atom stereocenters. The number of piperidine rings is 1. The third-order valence-electron chi connectivity index (χ3n) is 3.63.